The van der Waals surface area contributed by atoms with Gasteiger partial charge in [0.2, 0.25) is 5.88 Å². The van der Waals surface area contributed by atoms with Crippen LogP contribution >= 0.6 is 12.6 Å². The number of aromatic nitrogens is 1. The lowest BCUT2D eigenvalue weighted by atomic mass is 10.5. The van der Waals surface area contributed by atoms with Crippen molar-refractivity contribution in [2.45, 2.75) is 5.03 Å². The quantitative estimate of drug-likeness (QED) is 0.597. The number of hydrogen-bond donors (Lipinski definition) is 1. The Bertz CT molecular complexity index is 202. The number of ether oxygens (including phenoxy) is 1. The molecule has 2 nitrogen and oxygen atoms in total. The molecule has 0 aliphatic heterocycles. The third-order valence-electron chi connectivity index (χ3n) is 0.918. The van der Waals surface area contributed by atoms with Crippen LogP contribution in [0.15, 0.2) is 23.2 Å². The maximum absolute atomic E-state index is 4.84. The van der Waals surface area contributed by atoms with Crippen LogP contribution in [0.25, 0.3) is 0 Å². The summed E-state index contributed by atoms with van der Waals surface area (Å²) >= 11 is 4.02. The summed E-state index contributed by atoms with van der Waals surface area (Å²) < 4.78 is 4.84. The SMILES string of the molecule is COc1cccc(S)n1. The highest BCUT2D eigenvalue weighted by Gasteiger charge is 1.89. The molecule has 0 aliphatic rings. The standard InChI is InChI=1S/C6H7NOS/c1-8-5-3-2-4-6(9)7-5/h2-4H,1H3,(H,7,9). The molecule has 0 aromatic carbocycles. The smallest absolute Gasteiger partial charge is 0.213 e. The number of rotatable bonds is 1. The molecule has 0 bridgehead atoms. The summed E-state index contributed by atoms with van der Waals surface area (Å²) in [7, 11) is 1.58. The molecule has 1 aromatic heterocycles. The van der Waals surface area contributed by atoms with Crippen LogP contribution in [0.1, 0.15) is 0 Å². The van der Waals surface area contributed by atoms with Crippen LogP contribution in [0.2, 0.25) is 0 Å². The van der Waals surface area contributed by atoms with E-state index in [-0.39, 0.29) is 0 Å². The van der Waals surface area contributed by atoms with Crippen molar-refractivity contribution < 1.29 is 4.74 Å². The summed E-state index contributed by atoms with van der Waals surface area (Å²) in [6.45, 7) is 0. The molecule has 48 valence electrons. The van der Waals surface area contributed by atoms with E-state index < -0.39 is 0 Å². The second-order valence-electron chi connectivity index (χ2n) is 1.54. The van der Waals surface area contributed by atoms with Gasteiger partial charge in [0.15, 0.2) is 0 Å². The van der Waals surface area contributed by atoms with Gasteiger partial charge in [-0.1, -0.05) is 6.07 Å². The molecular weight excluding hydrogens is 134 g/mol. The van der Waals surface area contributed by atoms with Gasteiger partial charge in [-0.05, 0) is 6.07 Å². The van der Waals surface area contributed by atoms with Crippen LogP contribution in [0.4, 0.5) is 0 Å². The molecule has 1 aromatic rings. The monoisotopic (exact) mass is 141 g/mol. The van der Waals surface area contributed by atoms with Crippen LogP contribution < -0.4 is 4.74 Å². The van der Waals surface area contributed by atoms with Gasteiger partial charge in [0.05, 0.1) is 12.1 Å². The third kappa shape index (κ3) is 1.61. The predicted molar refractivity (Wildman–Crippen MR) is 38.0 cm³/mol. The fourth-order valence-corrected chi connectivity index (χ4v) is 0.702. The van der Waals surface area contributed by atoms with Crippen molar-refractivity contribution in [1.29, 1.82) is 0 Å². The number of methoxy groups -OCH3 is 1. The molecule has 0 atom stereocenters. The molecule has 0 unspecified atom stereocenters. The van der Waals surface area contributed by atoms with E-state index in [9.17, 15) is 0 Å². The predicted octanol–water partition coefficient (Wildman–Crippen LogP) is 1.38. The van der Waals surface area contributed by atoms with Gasteiger partial charge in [-0.3, -0.25) is 0 Å². The molecule has 0 N–H and O–H groups in total. The Kier molecular flexibility index (Phi) is 1.95. The van der Waals surface area contributed by atoms with Gasteiger partial charge >= 0.3 is 0 Å². The first-order chi connectivity index (χ1) is 4.33. The number of nitrogens with zero attached hydrogens (tertiary/aromatic N) is 1. The molecule has 0 fully saturated rings. The summed E-state index contributed by atoms with van der Waals surface area (Å²) in [5.74, 6) is 0.600. The maximum atomic E-state index is 4.84. The Morgan fingerprint density at radius 3 is 2.78 bits per heavy atom. The molecule has 1 rings (SSSR count). The molecule has 0 saturated heterocycles. The lowest BCUT2D eigenvalue weighted by molar-refractivity contribution is 0.394. The van der Waals surface area contributed by atoms with Gasteiger partial charge < -0.3 is 4.74 Å². The molecule has 0 amide bonds. The molecule has 0 radical (unpaired) electrons. The van der Waals surface area contributed by atoms with E-state index >= 15 is 0 Å². The molecule has 0 spiro atoms. The van der Waals surface area contributed by atoms with Gasteiger partial charge in [-0.15, -0.1) is 12.6 Å². The summed E-state index contributed by atoms with van der Waals surface area (Å²) in [5.41, 5.74) is 0. The average molecular weight is 141 g/mol. The Labute approximate surface area is 59.3 Å². The summed E-state index contributed by atoms with van der Waals surface area (Å²) in [5, 5.41) is 0.675. The third-order valence-corrected chi connectivity index (χ3v) is 1.17. The lowest BCUT2D eigenvalue weighted by Gasteiger charge is -1.95. The number of hydrogen-bond acceptors (Lipinski definition) is 3. The fourth-order valence-electron chi connectivity index (χ4n) is 0.518. The number of pyridine rings is 1. The fraction of sp³-hybridized carbons (Fsp3) is 0.167. The van der Waals surface area contributed by atoms with Crippen LogP contribution in [0.5, 0.6) is 5.88 Å². The second-order valence-corrected chi connectivity index (χ2v) is 2.00. The molecule has 0 aliphatic carbocycles. The van der Waals surface area contributed by atoms with Crippen molar-refractivity contribution in [2.24, 2.45) is 0 Å². The van der Waals surface area contributed by atoms with Gasteiger partial charge in [-0.2, -0.15) is 0 Å². The van der Waals surface area contributed by atoms with E-state index in [0.717, 1.165) is 0 Å². The zero-order chi connectivity index (χ0) is 6.69. The topological polar surface area (TPSA) is 22.1 Å². The molecule has 9 heavy (non-hydrogen) atoms. The highest BCUT2D eigenvalue weighted by atomic mass is 32.1. The minimum atomic E-state index is 0.600. The van der Waals surface area contributed by atoms with E-state index in [4.69, 9.17) is 4.74 Å². The Hall–Kier alpha value is -0.700. The maximum Gasteiger partial charge on any atom is 0.213 e. The van der Waals surface area contributed by atoms with E-state index in [1.165, 1.54) is 0 Å². The summed E-state index contributed by atoms with van der Waals surface area (Å²) in [6, 6.07) is 5.42. The zero-order valence-electron chi connectivity index (χ0n) is 5.03. The summed E-state index contributed by atoms with van der Waals surface area (Å²) in [4.78, 5) is 3.93. The first kappa shape index (κ1) is 6.42. The normalized spacial score (nSPS) is 9.11. The van der Waals surface area contributed by atoms with E-state index in [1.54, 1.807) is 19.2 Å². The Morgan fingerprint density at radius 1 is 1.56 bits per heavy atom. The van der Waals surface area contributed by atoms with Crippen LogP contribution in [-0.4, -0.2) is 12.1 Å². The zero-order valence-corrected chi connectivity index (χ0v) is 5.93. The Morgan fingerprint density at radius 2 is 2.33 bits per heavy atom. The molecule has 3 heteroatoms. The van der Waals surface area contributed by atoms with Gasteiger partial charge in [0.1, 0.15) is 0 Å². The van der Waals surface area contributed by atoms with Gasteiger partial charge in [0, 0.05) is 6.07 Å². The van der Waals surface area contributed by atoms with E-state index in [0.29, 0.717) is 10.9 Å². The first-order valence-corrected chi connectivity index (χ1v) is 2.97. The lowest BCUT2D eigenvalue weighted by Crippen LogP contribution is -1.85. The van der Waals surface area contributed by atoms with Crippen molar-refractivity contribution >= 4 is 12.6 Å². The van der Waals surface area contributed by atoms with Crippen LogP contribution in [0.3, 0.4) is 0 Å². The van der Waals surface area contributed by atoms with Crippen LogP contribution in [0, 0.1) is 0 Å². The second kappa shape index (κ2) is 2.73. The van der Waals surface area contributed by atoms with Crippen molar-refractivity contribution in [3.8, 4) is 5.88 Å². The first-order valence-electron chi connectivity index (χ1n) is 2.53. The Balaban J connectivity index is 2.94. The highest BCUT2D eigenvalue weighted by Crippen LogP contribution is 2.08. The van der Waals surface area contributed by atoms with Crippen molar-refractivity contribution in [2.75, 3.05) is 7.11 Å². The largest absolute Gasteiger partial charge is 0.481 e. The van der Waals surface area contributed by atoms with Crippen molar-refractivity contribution in [3.05, 3.63) is 18.2 Å². The molecular formula is C6H7NOS. The van der Waals surface area contributed by atoms with Crippen molar-refractivity contribution in [3.63, 3.8) is 0 Å². The van der Waals surface area contributed by atoms with Gasteiger partial charge in [0.25, 0.3) is 0 Å². The van der Waals surface area contributed by atoms with Crippen LogP contribution in [-0.2, 0) is 0 Å². The minimum Gasteiger partial charge on any atom is -0.481 e. The highest BCUT2D eigenvalue weighted by molar-refractivity contribution is 7.80. The number of thiol groups is 1. The minimum absolute atomic E-state index is 0.600. The van der Waals surface area contributed by atoms with Crippen molar-refractivity contribution in [1.82, 2.24) is 4.98 Å². The average Bonchev–Trinajstić information content (AvgIpc) is 1.88. The molecule has 0 saturated carbocycles. The molecule has 1 heterocycles. The van der Waals surface area contributed by atoms with Gasteiger partial charge in [-0.25, -0.2) is 4.98 Å². The van der Waals surface area contributed by atoms with E-state index in [1.807, 2.05) is 6.07 Å². The van der Waals surface area contributed by atoms with E-state index in [2.05, 4.69) is 17.6 Å². The summed E-state index contributed by atoms with van der Waals surface area (Å²) in [6.07, 6.45) is 0.